The topological polar surface area (TPSA) is 81.4 Å². The largest absolute Gasteiger partial charge is 0.462 e. The second-order valence-electron chi connectivity index (χ2n) is 4.69. The molecule has 1 N–H and O–H groups in total. The molecule has 2 heterocycles. The third kappa shape index (κ3) is 3.19. The lowest BCUT2D eigenvalue weighted by molar-refractivity contribution is 0.0528. The molecular weight excluding hydrogens is 304 g/mol. The van der Waals surface area contributed by atoms with Gasteiger partial charge in [0.1, 0.15) is 16.3 Å². The maximum atomic E-state index is 12.5. The molecule has 7 heteroatoms. The molecule has 0 aromatic carbocycles. The molecule has 0 aliphatic heterocycles. The first-order valence-electron chi connectivity index (χ1n) is 7.01. The van der Waals surface area contributed by atoms with Crippen LogP contribution in [0.2, 0.25) is 0 Å². The van der Waals surface area contributed by atoms with Crippen molar-refractivity contribution in [3.8, 4) is 0 Å². The van der Waals surface area contributed by atoms with Crippen molar-refractivity contribution in [1.82, 2.24) is 5.16 Å². The maximum absolute atomic E-state index is 12.5. The van der Waals surface area contributed by atoms with Gasteiger partial charge in [-0.25, -0.2) is 4.79 Å². The predicted molar refractivity (Wildman–Crippen MR) is 83.6 cm³/mol. The van der Waals surface area contributed by atoms with Crippen LogP contribution in [0.15, 0.2) is 10.6 Å². The van der Waals surface area contributed by atoms with Gasteiger partial charge in [-0.2, -0.15) is 0 Å². The van der Waals surface area contributed by atoms with E-state index in [1.165, 1.54) is 11.3 Å². The number of hydrogen-bond donors (Lipinski definition) is 1. The summed E-state index contributed by atoms with van der Waals surface area (Å²) in [5.74, 6) is -0.316. The molecule has 22 heavy (non-hydrogen) atoms. The third-order valence-corrected chi connectivity index (χ3v) is 4.04. The fraction of sp³-hybridized carbons (Fsp3) is 0.400. The molecule has 0 unspecified atom stereocenters. The lowest BCUT2D eigenvalue weighted by Gasteiger charge is -2.06. The first-order chi connectivity index (χ1) is 10.5. The molecule has 2 aromatic rings. The summed E-state index contributed by atoms with van der Waals surface area (Å²) < 4.78 is 10.1. The summed E-state index contributed by atoms with van der Waals surface area (Å²) >= 11 is 1.33. The number of aromatic nitrogens is 1. The second-order valence-corrected chi connectivity index (χ2v) is 5.94. The predicted octanol–water partition coefficient (Wildman–Crippen LogP) is 3.34. The highest BCUT2D eigenvalue weighted by Crippen LogP contribution is 2.29. The van der Waals surface area contributed by atoms with Crippen molar-refractivity contribution < 1.29 is 18.8 Å². The number of nitrogens with zero attached hydrogens (tertiary/aromatic N) is 1. The molecule has 2 aromatic heterocycles. The van der Waals surface area contributed by atoms with Gasteiger partial charge in [0.2, 0.25) is 0 Å². The van der Waals surface area contributed by atoms with Crippen molar-refractivity contribution in [3.05, 3.63) is 33.5 Å². The molecule has 0 fully saturated rings. The molecule has 0 atom stereocenters. The molecule has 0 radical (unpaired) electrons. The van der Waals surface area contributed by atoms with Crippen LogP contribution in [-0.2, 0) is 11.2 Å². The van der Waals surface area contributed by atoms with Crippen LogP contribution in [-0.4, -0.2) is 23.6 Å². The molecular formula is C15H18N2O4S. The maximum Gasteiger partial charge on any atom is 0.341 e. The van der Waals surface area contributed by atoms with Gasteiger partial charge >= 0.3 is 5.97 Å². The Kier molecular flexibility index (Phi) is 4.97. The van der Waals surface area contributed by atoms with Gasteiger partial charge in [0.25, 0.3) is 5.91 Å². The van der Waals surface area contributed by atoms with E-state index in [0.717, 1.165) is 4.88 Å². The molecule has 0 aliphatic rings. The fourth-order valence-electron chi connectivity index (χ4n) is 2.08. The number of ether oxygens (including phenoxy) is 1. The average molecular weight is 322 g/mol. The molecule has 1 amide bonds. The smallest absolute Gasteiger partial charge is 0.341 e. The number of carbonyl (C=O) groups is 2. The number of thiophene rings is 1. The van der Waals surface area contributed by atoms with Crippen molar-refractivity contribution >= 4 is 28.2 Å². The van der Waals surface area contributed by atoms with Crippen molar-refractivity contribution in [1.29, 1.82) is 0 Å². The number of nitrogens with one attached hydrogen (secondary N) is 1. The van der Waals surface area contributed by atoms with Crippen molar-refractivity contribution in [2.75, 3.05) is 11.9 Å². The van der Waals surface area contributed by atoms with Gasteiger partial charge in [0.05, 0.1) is 17.9 Å². The van der Waals surface area contributed by atoms with Gasteiger partial charge in [0, 0.05) is 4.88 Å². The Bertz CT molecular complexity index is 702. The second kappa shape index (κ2) is 6.74. The van der Waals surface area contributed by atoms with Crippen molar-refractivity contribution in [2.45, 2.75) is 34.1 Å². The van der Waals surface area contributed by atoms with Gasteiger partial charge < -0.3 is 14.6 Å². The lowest BCUT2D eigenvalue weighted by Crippen LogP contribution is -2.16. The zero-order valence-electron chi connectivity index (χ0n) is 13.0. The number of esters is 1. The van der Waals surface area contributed by atoms with Crippen LogP contribution in [0.3, 0.4) is 0 Å². The van der Waals surface area contributed by atoms with Gasteiger partial charge in [-0.3, -0.25) is 4.79 Å². The third-order valence-electron chi connectivity index (χ3n) is 3.07. The summed E-state index contributed by atoms with van der Waals surface area (Å²) in [4.78, 5) is 25.3. The number of carbonyl (C=O) groups excluding carboxylic acids is 2. The summed E-state index contributed by atoms with van der Waals surface area (Å²) in [6, 6.07) is 1.71. The average Bonchev–Trinajstić information content (AvgIpc) is 3.01. The first kappa shape index (κ1) is 16.2. The molecule has 0 saturated heterocycles. The van der Waals surface area contributed by atoms with Crippen LogP contribution in [0, 0.1) is 13.8 Å². The SMILES string of the molecule is CCOC(=O)c1cc(C)sc1NC(=O)c1c(CC)noc1C. The lowest BCUT2D eigenvalue weighted by atomic mass is 10.1. The Morgan fingerprint density at radius 1 is 1.36 bits per heavy atom. The van der Waals surface area contributed by atoms with Crippen molar-refractivity contribution in [3.63, 3.8) is 0 Å². The standard InChI is InChI=1S/C15H18N2O4S/c1-5-11-12(9(4)21-17-11)13(18)16-14-10(7-8(3)22-14)15(19)20-6-2/h7H,5-6H2,1-4H3,(H,16,18). The molecule has 118 valence electrons. The first-order valence-corrected chi connectivity index (χ1v) is 7.83. The van der Waals surface area contributed by atoms with E-state index in [4.69, 9.17) is 9.26 Å². The Morgan fingerprint density at radius 3 is 2.73 bits per heavy atom. The van der Waals surface area contributed by atoms with E-state index in [1.807, 2.05) is 13.8 Å². The summed E-state index contributed by atoms with van der Waals surface area (Å²) in [6.07, 6.45) is 0.592. The zero-order valence-corrected chi connectivity index (χ0v) is 13.8. The van der Waals surface area contributed by atoms with Crippen LogP contribution < -0.4 is 5.32 Å². The van der Waals surface area contributed by atoms with Crippen LogP contribution in [0.5, 0.6) is 0 Å². The van der Waals surface area contributed by atoms with E-state index < -0.39 is 5.97 Å². The van der Waals surface area contributed by atoms with Crippen LogP contribution in [0.4, 0.5) is 5.00 Å². The Labute approximate surface area is 132 Å². The summed E-state index contributed by atoms with van der Waals surface area (Å²) in [5, 5.41) is 7.11. The summed E-state index contributed by atoms with van der Waals surface area (Å²) in [5.41, 5.74) is 1.38. The number of anilines is 1. The van der Waals surface area contributed by atoms with Crippen molar-refractivity contribution in [2.24, 2.45) is 0 Å². The van der Waals surface area contributed by atoms with E-state index in [2.05, 4.69) is 10.5 Å². The molecule has 6 nitrogen and oxygen atoms in total. The number of aryl methyl sites for hydroxylation is 3. The normalized spacial score (nSPS) is 10.5. The Balaban J connectivity index is 2.29. The van der Waals surface area contributed by atoms with E-state index in [9.17, 15) is 9.59 Å². The number of hydrogen-bond acceptors (Lipinski definition) is 6. The molecule has 0 bridgehead atoms. The van der Waals surface area contributed by atoms with Gasteiger partial charge in [-0.1, -0.05) is 12.1 Å². The molecule has 0 spiro atoms. The summed E-state index contributed by atoms with van der Waals surface area (Å²) in [7, 11) is 0. The zero-order chi connectivity index (χ0) is 16.3. The van der Waals surface area contributed by atoms with E-state index >= 15 is 0 Å². The molecule has 0 aliphatic carbocycles. The summed E-state index contributed by atoms with van der Waals surface area (Å²) in [6.45, 7) is 7.47. The number of rotatable bonds is 5. The highest BCUT2D eigenvalue weighted by molar-refractivity contribution is 7.16. The van der Waals surface area contributed by atoms with Crippen LogP contribution in [0.1, 0.15) is 50.9 Å². The highest BCUT2D eigenvalue weighted by Gasteiger charge is 2.23. The minimum Gasteiger partial charge on any atom is -0.462 e. The van der Waals surface area contributed by atoms with Crippen LogP contribution >= 0.6 is 11.3 Å². The van der Waals surface area contributed by atoms with E-state index in [1.54, 1.807) is 19.9 Å². The van der Waals surface area contributed by atoms with Gasteiger partial charge in [-0.05, 0) is 33.3 Å². The fourth-order valence-corrected chi connectivity index (χ4v) is 2.98. The Hall–Kier alpha value is -2.15. The Morgan fingerprint density at radius 2 is 2.09 bits per heavy atom. The molecule has 2 rings (SSSR count). The van der Waals surface area contributed by atoms with Gasteiger partial charge in [0.15, 0.2) is 0 Å². The monoisotopic (exact) mass is 322 g/mol. The highest BCUT2D eigenvalue weighted by atomic mass is 32.1. The number of amides is 1. The quantitative estimate of drug-likeness (QED) is 0.854. The van der Waals surface area contributed by atoms with E-state index in [0.29, 0.717) is 34.0 Å². The minimum absolute atomic E-state index is 0.284. The van der Waals surface area contributed by atoms with E-state index in [-0.39, 0.29) is 12.5 Å². The van der Waals surface area contributed by atoms with Gasteiger partial charge in [-0.15, -0.1) is 11.3 Å². The minimum atomic E-state index is -0.445. The molecule has 0 saturated carbocycles. The van der Waals surface area contributed by atoms with Crippen LogP contribution in [0.25, 0.3) is 0 Å².